The van der Waals surface area contributed by atoms with Gasteiger partial charge < -0.3 is 10.1 Å². The molecule has 0 radical (unpaired) electrons. The van der Waals surface area contributed by atoms with Crippen molar-refractivity contribution in [2.24, 2.45) is 5.92 Å². The Morgan fingerprint density at radius 3 is 2.58 bits per heavy atom. The minimum absolute atomic E-state index is 0.0585. The zero-order valence-corrected chi connectivity index (χ0v) is 12.8. The van der Waals surface area contributed by atoms with Crippen molar-refractivity contribution in [1.29, 1.82) is 0 Å². The van der Waals surface area contributed by atoms with E-state index in [1.807, 2.05) is 6.92 Å². The van der Waals surface area contributed by atoms with E-state index in [9.17, 15) is 4.79 Å². The zero-order chi connectivity index (χ0) is 14.1. The van der Waals surface area contributed by atoms with Crippen molar-refractivity contribution in [1.82, 2.24) is 10.2 Å². The highest BCUT2D eigenvalue weighted by molar-refractivity contribution is 5.75. The van der Waals surface area contributed by atoms with Crippen LogP contribution in [0.15, 0.2) is 0 Å². The highest BCUT2D eigenvalue weighted by atomic mass is 16.5. The van der Waals surface area contributed by atoms with Crippen LogP contribution < -0.4 is 5.32 Å². The lowest BCUT2D eigenvalue weighted by Crippen LogP contribution is -2.50. The first kappa shape index (κ1) is 16.4. The average molecular weight is 270 g/mol. The molecular weight excluding hydrogens is 240 g/mol. The smallest absolute Gasteiger partial charge is 0.323 e. The normalized spacial score (nSPS) is 19.9. The van der Waals surface area contributed by atoms with Gasteiger partial charge in [-0.15, -0.1) is 0 Å². The van der Waals surface area contributed by atoms with Crippen molar-refractivity contribution in [2.75, 3.05) is 32.8 Å². The molecule has 0 bridgehead atoms. The number of carbonyl (C=O) groups excluding carboxylic acids is 1. The third kappa shape index (κ3) is 5.91. The summed E-state index contributed by atoms with van der Waals surface area (Å²) in [5.74, 6) is 0.468. The quantitative estimate of drug-likeness (QED) is 0.685. The van der Waals surface area contributed by atoms with Crippen molar-refractivity contribution in [3.63, 3.8) is 0 Å². The summed E-state index contributed by atoms with van der Waals surface area (Å²) in [6.07, 6.45) is 4.70. The lowest BCUT2D eigenvalue weighted by molar-refractivity contribution is -0.151. The van der Waals surface area contributed by atoms with Gasteiger partial charge in [0.2, 0.25) is 0 Å². The summed E-state index contributed by atoms with van der Waals surface area (Å²) in [6.45, 7) is 10.7. The minimum atomic E-state index is -0.106. The van der Waals surface area contributed by atoms with Crippen molar-refractivity contribution in [3.8, 4) is 0 Å². The SMILES string of the molecule is CCCCC(CC)COC(=O)C(C)N1CCNCC1. The van der Waals surface area contributed by atoms with E-state index in [2.05, 4.69) is 24.1 Å². The van der Waals surface area contributed by atoms with Gasteiger partial charge >= 0.3 is 5.97 Å². The third-order valence-electron chi connectivity index (χ3n) is 4.04. The second-order valence-electron chi connectivity index (χ2n) is 5.51. The van der Waals surface area contributed by atoms with Gasteiger partial charge in [-0.05, 0) is 19.3 Å². The summed E-state index contributed by atoms with van der Waals surface area (Å²) in [5, 5.41) is 3.30. The highest BCUT2D eigenvalue weighted by Gasteiger charge is 2.24. The van der Waals surface area contributed by atoms with Crippen LogP contribution in [0.2, 0.25) is 0 Å². The maximum absolute atomic E-state index is 12.1. The second-order valence-corrected chi connectivity index (χ2v) is 5.51. The maximum Gasteiger partial charge on any atom is 0.323 e. The number of rotatable bonds is 8. The van der Waals surface area contributed by atoms with E-state index in [1.165, 1.54) is 19.3 Å². The molecule has 1 aliphatic rings. The number of esters is 1. The molecule has 0 spiro atoms. The van der Waals surface area contributed by atoms with Gasteiger partial charge in [0.15, 0.2) is 0 Å². The Morgan fingerprint density at radius 1 is 1.32 bits per heavy atom. The standard InChI is InChI=1S/C15H30N2O2/c1-4-6-7-14(5-2)12-19-15(18)13(3)17-10-8-16-9-11-17/h13-14,16H,4-12H2,1-3H3. The van der Waals surface area contributed by atoms with Gasteiger partial charge in [-0.3, -0.25) is 9.69 Å². The van der Waals surface area contributed by atoms with E-state index in [-0.39, 0.29) is 12.0 Å². The predicted molar refractivity (Wildman–Crippen MR) is 78.2 cm³/mol. The van der Waals surface area contributed by atoms with Crippen LogP contribution in [-0.4, -0.2) is 49.7 Å². The van der Waals surface area contributed by atoms with Gasteiger partial charge in [0.05, 0.1) is 6.61 Å². The molecule has 1 heterocycles. The van der Waals surface area contributed by atoms with Crippen LogP contribution in [0, 0.1) is 5.92 Å². The highest BCUT2D eigenvalue weighted by Crippen LogP contribution is 2.14. The van der Waals surface area contributed by atoms with E-state index in [0.29, 0.717) is 12.5 Å². The Balaban J connectivity index is 2.28. The first-order chi connectivity index (χ1) is 9.19. The molecule has 112 valence electrons. The second kappa shape index (κ2) is 9.32. The fourth-order valence-corrected chi connectivity index (χ4v) is 2.44. The maximum atomic E-state index is 12.1. The van der Waals surface area contributed by atoms with Crippen LogP contribution in [0.1, 0.15) is 46.5 Å². The van der Waals surface area contributed by atoms with E-state index in [0.717, 1.165) is 32.6 Å². The molecule has 2 unspecified atom stereocenters. The molecule has 0 aromatic carbocycles. The lowest BCUT2D eigenvalue weighted by atomic mass is 10.0. The molecule has 1 N–H and O–H groups in total. The Morgan fingerprint density at radius 2 is 2.00 bits per heavy atom. The van der Waals surface area contributed by atoms with E-state index < -0.39 is 0 Å². The third-order valence-corrected chi connectivity index (χ3v) is 4.04. The Labute approximate surface area is 117 Å². The number of nitrogens with one attached hydrogen (secondary N) is 1. The first-order valence-electron chi connectivity index (χ1n) is 7.80. The van der Waals surface area contributed by atoms with Gasteiger partial charge in [0, 0.05) is 26.2 Å². The van der Waals surface area contributed by atoms with E-state index >= 15 is 0 Å². The largest absolute Gasteiger partial charge is 0.464 e. The molecule has 1 fully saturated rings. The van der Waals surface area contributed by atoms with E-state index in [4.69, 9.17) is 4.74 Å². The number of ether oxygens (including phenoxy) is 1. The topological polar surface area (TPSA) is 41.6 Å². The number of nitrogens with zero attached hydrogens (tertiary/aromatic N) is 1. The number of hydrogen-bond donors (Lipinski definition) is 1. The van der Waals surface area contributed by atoms with Crippen LogP contribution in [-0.2, 0) is 9.53 Å². The van der Waals surface area contributed by atoms with Gasteiger partial charge in [0.1, 0.15) is 6.04 Å². The molecule has 1 saturated heterocycles. The molecular formula is C15H30N2O2. The summed E-state index contributed by atoms with van der Waals surface area (Å²) in [6, 6.07) is -0.106. The van der Waals surface area contributed by atoms with Gasteiger partial charge in [0.25, 0.3) is 0 Å². The Kier molecular flexibility index (Phi) is 8.07. The van der Waals surface area contributed by atoms with Crippen molar-refractivity contribution >= 4 is 5.97 Å². The molecule has 19 heavy (non-hydrogen) atoms. The number of hydrogen-bond acceptors (Lipinski definition) is 4. The summed E-state index contributed by atoms with van der Waals surface area (Å²) in [7, 11) is 0. The summed E-state index contributed by atoms with van der Waals surface area (Å²) in [5.41, 5.74) is 0. The van der Waals surface area contributed by atoms with Crippen LogP contribution in [0.3, 0.4) is 0 Å². The average Bonchev–Trinajstić information content (AvgIpc) is 2.47. The molecule has 0 aromatic heterocycles. The Hall–Kier alpha value is -0.610. The minimum Gasteiger partial charge on any atom is -0.464 e. The van der Waals surface area contributed by atoms with Gasteiger partial charge in [-0.25, -0.2) is 0 Å². The summed E-state index contributed by atoms with van der Waals surface area (Å²) < 4.78 is 5.51. The predicted octanol–water partition coefficient (Wildman–Crippen LogP) is 2.04. The van der Waals surface area contributed by atoms with Crippen LogP contribution in [0.5, 0.6) is 0 Å². The number of unbranched alkanes of at least 4 members (excludes halogenated alkanes) is 1. The fourth-order valence-electron chi connectivity index (χ4n) is 2.44. The number of carbonyl (C=O) groups is 1. The number of piperazine rings is 1. The first-order valence-corrected chi connectivity index (χ1v) is 7.80. The molecule has 4 nitrogen and oxygen atoms in total. The summed E-state index contributed by atoms with van der Waals surface area (Å²) in [4.78, 5) is 14.3. The van der Waals surface area contributed by atoms with Crippen LogP contribution in [0.4, 0.5) is 0 Å². The zero-order valence-electron chi connectivity index (χ0n) is 12.8. The fraction of sp³-hybridized carbons (Fsp3) is 0.933. The lowest BCUT2D eigenvalue weighted by Gasteiger charge is -2.31. The van der Waals surface area contributed by atoms with Crippen LogP contribution in [0.25, 0.3) is 0 Å². The molecule has 0 aliphatic carbocycles. The molecule has 1 aliphatic heterocycles. The van der Waals surface area contributed by atoms with Crippen molar-refractivity contribution in [3.05, 3.63) is 0 Å². The van der Waals surface area contributed by atoms with Gasteiger partial charge in [-0.2, -0.15) is 0 Å². The summed E-state index contributed by atoms with van der Waals surface area (Å²) >= 11 is 0. The van der Waals surface area contributed by atoms with Crippen molar-refractivity contribution in [2.45, 2.75) is 52.5 Å². The molecule has 0 amide bonds. The van der Waals surface area contributed by atoms with Crippen molar-refractivity contribution < 1.29 is 9.53 Å². The Bertz CT molecular complexity index is 253. The molecule has 2 atom stereocenters. The molecule has 1 rings (SSSR count). The monoisotopic (exact) mass is 270 g/mol. The molecule has 4 heteroatoms. The van der Waals surface area contributed by atoms with Crippen LogP contribution >= 0.6 is 0 Å². The molecule has 0 saturated carbocycles. The van der Waals surface area contributed by atoms with Gasteiger partial charge in [-0.1, -0.05) is 33.1 Å². The molecule has 0 aromatic rings. The van der Waals surface area contributed by atoms with E-state index in [1.54, 1.807) is 0 Å².